The van der Waals surface area contributed by atoms with Crippen molar-refractivity contribution in [2.24, 2.45) is 11.8 Å². The minimum absolute atomic E-state index is 0.00458. The van der Waals surface area contributed by atoms with Gasteiger partial charge in [0.2, 0.25) is 5.91 Å². The maximum Gasteiger partial charge on any atom is 0.407 e. The number of hydrogen-bond acceptors (Lipinski definition) is 4. The molecule has 2 amide bonds. The number of carboxylic acid groups (broad SMARTS) is 1. The maximum absolute atomic E-state index is 12.4. The van der Waals surface area contributed by atoms with Crippen molar-refractivity contribution in [3.63, 3.8) is 0 Å². The highest BCUT2D eigenvalue weighted by atomic mass is 16.5. The zero-order valence-electron chi connectivity index (χ0n) is 19.3. The number of fused-ring (bicyclic) bond motifs is 3. The largest absolute Gasteiger partial charge is 0.481 e. The highest BCUT2D eigenvalue weighted by molar-refractivity contribution is 5.80. The number of amides is 2. The van der Waals surface area contributed by atoms with Crippen LogP contribution in [0.4, 0.5) is 4.79 Å². The van der Waals surface area contributed by atoms with Gasteiger partial charge in [-0.25, -0.2) is 4.79 Å². The van der Waals surface area contributed by atoms with Crippen LogP contribution in [0.1, 0.15) is 50.7 Å². The fourth-order valence-corrected chi connectivity index (χ4v) is 4.14. The number of nitrogens with one attached hydrogen (secondary N) is 2. The van der Waals surface area contributed by atoms with E-state index in [4.69, 9.17) is 9.84 Å². The Morgan fingerprint density at radius 1 is 0.970 bits per heavy atom. The molecule has 2 atom stereocenters. The molecule has 0 aromatic heterocycles. The molecule has 0 bridgehead atoms. The van der Waals surface area contributed by atoms with Gasteiger partial charge in [-0.2, -0.15) is 0 Å². The highest BCUT2D eigenvalue weighted by Crippen LogP contribution is 2.44. The molecule has 0 spiro atoms. The second kappa shape index (κ2) is 11.0. The van der Waals surface area contributed by atoms with Gasteiger partial charge in [-0.05, 0) is 34.6 Å². The lowest BCUT2D eigenvalue weighted by molar-refractivity contribution is -0.138. The van der Waals surface area contributed by atoms with Gasteiger partial charge >= 0.3 is 12.1 Å². The second-order valence-corrected chi connectivity index (χ2v) is 8.90. The third-order valence-corrected chi connectivity index (χ3v) is 6.16. The van der Waals surface area contributed by atoms with E-state index in [1.165, 1.54) is 11.1 Å². The number of carboxylic acids is 1. The van der Waals surface area contributed by atoms with Crippen molar-refractivity contribution >= 4 is 18.0 Å². The number of aliphatic carboxylic acids is 1. The van der Waals surface area contributed by atoms with Gasteiger partial charge in [0.05, 0.1) is 6.42 Å². The number of carbonyl (C=O) groups is 3. The molecule has 0 fully saturated rings. The molecule has 7 nitrogen and oxygen atoms in total. The molecular weight excluding hydrogens is 420 g/mol. The number of hydrogen-bond donors (Lipinski definition) is 3. The molecule has 1 aliphatic carbocycles. The molecule has 33 heavy (non-hydrogen) atoms. The Balaban J connectivity index is 1.46. The van der Waals surface area contributed by atoms with Gasteiger partial charge in [-0.15, -0.1) is 0 Å². The van der Waals surface area contributed by atoms with Crippen LogP contribution in [0.15, 0.2) is 48.5 Å². The first-order valence-corrected chi connectivity index (χ1v) is 11.4. The van der Waals surface area contributed by atoms with Crippen LogP contribution in [0, 0.1) is 11.8 Å². The Labute approximate surface area is 194 Å². The van der Waals surface area contributed by atoms with Gasteiger partial charge in [-0.1, -0.05) is 69.3 Å². The number of rotatable bonds is 10. The average molecular weight is 453 g/mol. The third-order valence-electron chi connectivity index (χ3n) is 6.16. The summed E-state index contributed by atoms with van der Waals surface area (Å²) in [5.41, 5.74) is 4.64. The molecule has 0 radical (unpaired) electrons. The van der Waals surface area contributed by atoms with Crippen molar-refractivity contribution in [2.45, 2.75) is 45.6 Å². The summed E-state index contributed by atoms with van der Waals surface area (Å²) in [6.45, 7) is 6.03. The van der Waals surface area contributed by atoms with Crippen LogP contribution < -0.4 is 10.6 Å². The summed E-state index contributed by atoms with van der Waals surface area (Å²) in [6.07, 6.45) is -0.211. The van der Waals surface area contributed by atoms with Gasteiger partial charge in [0, 0.05) is 24.4 Å². The first-order valence-electron chi connectivity index (χ1n) is 11.4. The lowest BCUT2D eigenvalue weighted by atomic mass is 9.98. The lowest BCUT2D eigenvalue weighted by Gasteiger charge is -2.23. The number of benzene rings is 2. The molecule has 2 aromatic rings. The molecule has 0 aliphatic heterocycles. The molecule has 3 rings (SSSR count). The van der Waals surface area contributed by atoms with Crippen LogP contribution in [-0.2, 0) is 14.3 Å². The topological polar surface area (TPSA) is 105 Å². The molecule has 7 heteroatoms. The molecule has 0 heterocycles. The van der Waals surface area contributed by atoms with E-state index in [-0.39, 0.29) is 43.2 Å². The van der Waals surface area contributed by atoms with E-state index in [0.29, 0.717) is 6.42 Å². The summed E-state index contributed by atoms with van der Waals surface area (Å²) in [7, 11) is 0. The summed E-state index contributed by atoms with van der Waals surface area (Å²) in [5.74, 6) is -1.52. The van der Waals surface area contributed by atoms with Crippen LogP contribution in [0.25, 0.3) is 11.1 Å². The van der Waals surface area contributed by atoms with Crippen molar-refractivity contribution in [3.8, 4) is 11.1 Å². The Bertz CT molecular complexity index is 958. The van der Waals surface area contributed by atoms with Gasteiger partial charge in [0.15, 0.2) is 0 Å². The Morgan fingerprint density at radius 3 is 2.09 bits per heavy atom. The van der Waals surface area contributed by atoms with Crippen LogP contribution in [0.2, 0.25) is 0 Å². The van der Waals surface area contributed by atoms with Crippen LogP contribution in [0.3, 0.4) is 0 Å². The Kier molecular flexibility index (Phi) is 8.09. The van der Waals surface area contributed by atoms with E-state index < -0.39 is 18.1 Å². The summed E-state index contributed by atoms with van der Waals surface area (Å²) in [6, 6.07) is 15.9. The van der Waals surface area contributed by atoms with Gasteiger partial charge in [0.25, 0.3) is 0 Å². The molecule has 0 saturated carbocycles. The lowest BCUT2D eigenvalue weighted by Crippen LogP contribution is -2.43. The van der Waals surface area contributed by atoms with E-state index in [0.717, 1.165) is 11.1 Å². The summed E-state index contributed by atoms with van der Waals surface area (Å²) in [4.78, 5) is 35.7. The number of ether oxygens (including phenoxy) is 1. The zero-order valence-corrected chi connectivity index (χ0v) is 19.3. The fourth-order valence-electron chi connectivity index (χ4n) is 4.14. The van der Waals surface area contributed by atoms with E-state index in [9.17, 15) is 14.4 Å². The molecule has 1 unspecified atom stereocenters. The van der Waals surface area contributed by atoms with Crippen molar-refractivity contribution in [1.82, 2.24) is 10.6 Å². The van der Waals surface area contributed by atoms with Crippen molar-refractivity contribution in [2.75, 3.05) is 13.2 Å². The standard InChI is InChI=1S/C26H32N2O5/c1-16(2)23(14-24(29)30)28-25(31)17(3)12-13-27-26(32)33-15-22-20-10-6-4-8-18(20)19-9-5-7-11-21(19)22/h4-11,16-17,22-23H,12-15H2,1-3H3,(H,27,32)(H,28,31)(H,29,30)/t17?,23-/m0/s1. The minimum Gasteiger partial charge on any atom is -0.481 e. The molecule has 0 saturated heterocycles. The quantitative estimate of drug-likeness (QED) is 0.502. The maximum atomic E-state index is 12.4. The summed E-state index contributed by atoms with van der Waals surface area (Å²) in [5, 5.41) is 14.5. The van der Waals surface area contributed by atoms with Crippen molar-refractivity contribution in [1.29, 1.82) is 0 Å². The molecular formula is C26H32N2O5. The van der Waals surface area contributed by atoms with Gasteiger partial charge < -0.3 is 20.5 Å². The third kappa shape index (κ3) is 6.12. The molecule has 1 aliphatic rings. The van der Waals surface area contributed by atoms with Crippen LogP contribution in [0.5, 0.6) is 0 Å². The summed E-state index contributed by atoms with van der Waals surface area (Å²) < 4.78 is 5.51. The highest BCUT2D eigenvalue weighted by Gasteiger charge is 2.29. The SMILES string of the molecule is CC(CCNC(=O)OCC1c2ccccc2-c2ccccc21)C(=O)N[C@@H](CC(=O)O)C(C)C. The first kappa shape index (κ1) is 24.3. The number of carbonyl (C=O) groups excluding carboxylic acids is 2. The fraction of sp³-hybridized carbons (Fsp3) is 0.423. The van der Waals surface area contributed by atoms with Gasteiger partial charge in [-0.3, -0.25) is 9.59 Å². The number of alkyl carbamates (subject to hydrolysis) is 1. The second-order valence-electron chi connectivity index (χ2n) is 8.90. The van der Waals surface area contributed by atoms with Crippen LogP contribution in [-0.4, -0.2) is 42.3 Å². The van der Waals surface area contributed by atoms with Gasteiger partial charge in [0.1, 0.15) is 6.61 Å². The van der Waals surface area contributed by atoms with E-state index in [1.54, 1.807) is 6.92 Å². The first-order chi connectivity index (χ1) is 15.8. The predicted octanol–water partition coefficient (Wildman–Crippen LogP) is 4.17. The van der Waals surface area contributed by atoms with Crippen molar-refractivity contribution in [3.05, 3.63) is 59.7 Å². The molecule has 176 valence electrons. The van der Waals surface area contributed by atoms with E-state index >= 15 is 0 Å². The summed E-state index contributed by atoms with van der Waals surface area (Å²) >= 11 is 0. The van der Waals surface area contributed by atoms with E-state index in [2.05, 4.69) is 34.9 Å². The minimum atomic E-state index is -0.946. The Hall–Kier alpha value is -3.35. The molecule has 3 N–H and O–H groups in total. The zero-order chi connectivity index (χ0) is 24.0. The normalized spacial score (nSPS) is 14.2. The molecule has 2 aromatic carbocycles. The average Bonchev–Trinajstić information content (AvgIpc) is 3.10. The predicted molar refractivity (Wildman–Crippen MR) is 126 cm³/mol. The van der Waals surface area contributed by atoms with Crippen LogP contribution >= 0.6 is 0 Å². The monoisotopic (exact) mass is 452 g/mol. The smallest absolute Gasteiger partial charge is 0.407 e. The Morgan fingerprint density at radius 2 is 1.55 bits per heavy atom. The van der Waals surface area contributed by atoms with Crippen molar-refractivity contribution < 1.29 is 24.2 Å². The van der Waals surface area contributed by atoms with E-state index in [1.807, 2.05) is 38.1 Å².